The molecule has 0 aliphatic rings. The Balaban J connectivity index is 2.72. The molecule has 0 fully saturated rings. The van der Waals surface area contributed by atoms with E-state index in [1.807, 2.05) is 0 Å². The normalized spacial score (nSPS) is 14.0. The molecule has 1 aromatic rings. The lowest BCUT2D eigenvalue weighted by molar-refractivity contribution is -0.153. The summed E-state index contributed by atoms with van der Waals surface area (Å²) in [5.41, 5.74) is -1.12. The average molecular weight is 252 g/mol. The van der Waals surface area contributed by atoms with E-state index < -0.39 is 17.3 Å². The first-order chi connectivity index (χ1) is 8.36. The van der Waals surface area contributed by atoms with Crippen molar-refractivity contribution in [1.82, 2.24) is 15.2 Å². The minimum absolute atomic E-state index is 0.0685. The third-order valence-electron chi connectivity index (χ3n) is 3.02. The van der Waals surface area contributed by atoms with Gasteiger partial charge in [0, 0.05) is 6.42 Å². The lowest BCUT2D eigenvalue weighted by Crippen LogP contribution is -2.37. The van der Waals surface area contributed by atoms with Gasteiger partial charge in [-0.25, -0.2) is 4.98 Å². The molecule has 0 aromatic carbocycles. The molecular formula is C11H16N4O3. The topological polar surface area (TPSA) is 105 Å². The Bertz CT molecular complexity index is 435. The van der Waals surface area contributed by atoms with Gasteiger partial charge in [-0.2, -0.15) is 5.10 Å². The van der Waals surface area contributed by atoms with Crippen LogP contribution in [0.1, 0.15) is 27.2 Å². The number of hydrogen-bond acceptors (Lipinski definition) is 5. The number of aromatic nitrogens is 3. The molecule has 0 spiro atoms. The third-order valence-corrected chi connectivity index (χ3v) is 3.02. The molecule has 0 aliphatic carbocycles. The van der Waals surface area contributed by atoms with Crippen molar-refractivity contribution in [3.05, 3.63) is 12.4 Å². The maximum absolute atomic E-state index is 11.8. The van der Waals surface area contributed by atoms with E-state index in [-0.39, 0.29) is 18.3 Å². The number of carboxylic acids is 1. The van der Waals surface area contributed by atoms with Crippen molar-refractivity contribution in [2.45, 2.75) is 27.2 Å². The number of rotatable bonds is 5. The van der Waals surface area contributed by atoms with Gasteiger partial charge < -0.3 is 5.11 Å². The second-order valence-electron chi connectivity index (χ2n) is 4.57. The predicted octanol–water partition coefficient (Wildman–Crippen LogP) is 0.947. The SMILES string of the molecule is CC(C)C(C)(CC(=O)Nc1nccnn1)C(=O)O. The predicted molar refractivity (Wildman–Crippen MR) is 63.7 cm³/mol. The second kappa shape index (κ2) is 5.52. The molecule has 0 saturated heterocycles. The Hall–Kier alpha value is -2.05. The zero-order valence-corrected chi connectivity index (χ0v) is 10.5. The van der Waals surface area contributed by atoms with Crippen LogP contribution in [0.5, 0.6) is 0 Å². The number of amides is 1. The number of hydrogen-bond donors (Lipinski definition) is 2. The van der Waals surface area contributed by atoms with Gasteiger partial charge in [-0.15, -0.1) is 5.10 Å². The van der Waals surface area contributed by atoms with E-state index in [0.717, 1.165) is 0 Å². The quantitative estimate of drug-likeness (QED) is 0.808. The van der Waals surface area contributed by atoms with E-state index in [0.29, 0.717) is 0 Å². The maximum Gasteiger partial charge on any atom is 0.310 e. The molecule has 18 heavy (non-hydrogen) atoms. The highest BCUT2D eigenvalue weighted by molar-refractivity contribution is 5.92. The van der Waals surface area contributed by atoms with E-state index in [1.54, 1.807) is 20.8 Å². The first-order valence-corrected chi connectivity index (χ1v) is 5.53. The summed E-state index contributed by atoms with van der Waals surface area (Å²) in [6.45, 7) is 5.08. The van der Waals surface area contributed by atoms with Crippen molar-refractivity contribution in [2.24, 2.45) is 11.3 Å². The van der Waals surface area contributed by atoms with Crippen molar-refractivity contribution < 1.29 is 14.7 Å². The summed E-state index contributed by atoms with van der Waals surface area (Å²) in [6, 6.07) is 0. The van der Waals surface area contributed by atoms with Crippen LogP contribution in [0, 0.1) is 11.3 Å². The molecule has 1 heterocycles. The van der Waals surface area contributed by atoms with Gasteiger partial charge in [-0.05, 0) is 12.8 Å². The van der Waals surface area contributed by atoms with Crippen LogP contribution in [0.3, 0.4) is 0 Å². The smallest absolute Gasteiger partial charge is 0.310 e. The van der Waals surface area contributed by atoms with Crippen LogP contribution < -0.4 is 5.32 Å². The summed E-state index contributed by atoms with van der Waals surface area (Å²) in [5.74, 6) is -1.55. The van der Waals surface area contributed by atoms with Crippen LogP contribution in [-0.4, -0.2) is 32.2 Å². The summed E-state index contributed by atoms with van der Waals surface area (Å²) in [7, 11) is 0. The number of nitrogens with one attached hydrogen (secondary N) is 1. The lowest BCUT2D eigenvalue weighted by atomic mass is 9.76. The van der Waals surface area contributed by atoms with Crippen LogP contribution in [0.4, 0.5) is 5.95 Å². The van der Waals surface area contributed by atoms with Gasteiger partial charge in [0.1, 0.15) is 0 Å². The molecule has 7 nitrogen and oxygen atoms in total. The fraction of sp³-hybridized carbons (Fsp3) is 0.545. The molecule has 0 radical (unpaired) electrons. The van der Waals surface area contributed by atoms with Gasteiger partial charge in [-0.3, -0.25) is 14.9 Å². The summed E-state index contributed by atoms with van der Waals surface area (Å²) >= 11 is 0. The van der Waals surface area contributed by atoms with E-state index in [1.165, 1.54) is 12.4 Å². The molecular weight excluding hydrogens is 236 g/mol. The Labute approximate surface area is 105 Å². The first kappa shape index (κ1) is 14.0. The van der Waals surface area contributed by atoms with Crippen molar-refractivity contribution in [3.8, 4) is 0 Å². The van der Waals surface area contributed by atoms with E-state index in [2.05, 4.69) is 20.5 Å². The molecule has 0 bridgehead atoms. The van der Waals surface area contributed by atoms with Gasteiger partial charge in [0.2, 0.25) is 11.9 Å². The van der Waals surface area contributed by atoms with Crippen molar-refractivity contribution in [1.29, 1.82) is 0 Å². The Kier molecular flexibility index (Phi) is 4.30. The van der Waals surface area contributed by atoms with Gasteiger partial charge in [0.15, 0.2) is 0 Å². The highest BCUT2D eigenvalue weighted by Gasteiger charge is 2.38. The number of carboxylic acid groups (broad SMARTS) is 1. The molecule has 0 aliphatic heterocycles. The molecule has 98 valence electrons. The summed E-state index contributed by atoms with van der Waals surface area (Å²) in [6.07, 6.45) is 2.63. The number of anilines is 1. The maximum atomic E-state index is 11.8. The molecule has 1 atom stereocenters. The summed E-state index contributed by atoms with van der Waals surface area (Å²) in [4.78, 5) is 26.8. The van der Waals surface area contributed by atoms with Crippen LogP contribution >= 0.6 is 0 Å². The minimum Gasteiger partial charge on any atom is -0.481 e. The molecule has 1 amide bonds. The van der Waals surface area contributed by atoms with Crippen molar-refractivity contribution >= 4 is 17.8 Å². The second-order valence-corrected chi connectivity index (χ2v) is 4.57. The highest BCUT2D eigenvalue weighted by Crippen LogP contribution is 2.31. The van der Waals surface area contributed by atoms with Crippen LogP contribution in [-0.2, 0) is 9.59 Å². The zero-order valence-electron chi connectivity index (χ0n) is 10.5. The van der Waals surface area contributed by atoms with Crippen molar-refractivity contribution in [2.75, 3.05) is 5.32 Å². The number of carbonyl (C=O) groups excluding carboxylic acids is 1. The molecule has 7 heteroatoms. The lowest BCUT2D eigenvalue weighted by Gasteiger charge is -2.28. The average Bonchev–Trinajstić information content (AvgIpc) is 2.29. The molecule has 2 N–H and O–H groups in total. The van der Waals surface area contributed by atoms with Crippen molar-refractivity contribution in [3.63, 3.8) is 0 Å². The molecule has 1 rings (SSSR count). The summed E-state index contributed by atoms with van der Waals surface area (Å²) < 4.78 is 0. The van der Waals surface area contributed by atoms with Crippen LogP contribution in [0.15, 0.2) is 12.4 Å². The fourth-order valence-electron chi connectivity index (χ4n) is 1.33. The highest BCUT2D eigenvalue weighted by atomic mass is 16.4. The summed E-state index contributed by atoms with van der Waals surface area (Å²) in [5, 5.41) is 18.8. The first-order valence-electron chi connectivity index (χ1n) is 5.53. The number of aliphatic carboxylic acids is 1. The van der Waals surface area contributed by atoms with Gasteiger partial charge in [0.05, 0.1) is 17.8 Å². The Morgan fingerprint density at radius 3 is 2.56 bits per heavy atom. The Morgan fingerprint density at radius 2 is 2.11 bits per heavy atom. The van der Waals surface area contributed by atoms with Gasteiger partial charge in [0.25, 0.3) is 0 Å². The van der Waals surface area contributed by atoms with Crippen LogP contribution in [0.25, 0.3) is 0 Å². The zero-order chi connectivity index (χ0) is 13.8. The number of nitrogens with zero attached hydrogens (tertiary/aromatic N) is 3. The molecule has 1 unspecified atom stereocenters. The largest absolute Gasteiger partial charge is 0.481 e. The molecule has 1 aromatic heterocycles. The van der Waals surface area contributed by atoms with E-state index in [9.17, 15) is 14.7 Å². The Morgan fingerprint density at radius 1 is 1.44 bits per heavy atom. The van der Waals surface area contributed by atoms with E-state index in [4.69, 9.17) is 0 Å². The number of carbonyl (C=O) groups is 2. The van der Waals surface area contributed by atoms with Gasteiger partial charge >= 0.3 is 5.97 Å². The fourth-order valence-corrected chi connectivity index (χ4v) is 1.33. The standard InChI is InChI=1S/C11H16N4O3/c1-7(2)11(3,9(17)18)6-8(16)14-10-12-4-5-13-15-10/h4-5,7H,6H2,1-3H3,(H,17,18)(H,12,14,15,16). The molecule has 0 saturated carbocycles. The monoisotopic (exact) mass is 252 g/mol. The van der Waals surface area contributed by atoms with Gasteiger partial charge in [-0.1, -0.05) is 13.8 Å². The van der Waals surface area contributed by atoms with Crippen LogP contribution in [0.2, 0.25) is 0 Å². The third kappa shape index (κ3) is 3.22. The van der Waals surface area contributed by atoms with E-state index >= 15 is 0 Å². The minimum atomic E-state index is -1.12.